The second-order valence-corrected chi connectivity index (χ2v) is 7.40. The van der Waals surface area contributed by atoms with E-state index in [-0.39, 0.29) is 11.8 Å². The zero-order chi connectivity index (χ0) is 21.6. The van der Waals surface area contributed by atoms with E-state index in [0.717, 1.165) is 6.42 Å². The van der Waals surface area contributed by atoms with Gasteiger partial charge in [-0.2, -0.15) is 0 Å². The van der Waals surface area contributed by atoms with E-state index in [1.165, 1.54) is 18.7 Å². The SMILES string of the molecule is CCC(C)C(N)C(=O)N1CCCC1C(=O)NC(C(=O)NC(C)C(=O)O)C(C)O. The van der Waals surface area contributed by atoms with Crippen molar-refractivity contribution in [2.45, 2.75) is 77.2 Å². The molecule has 6 N–H and O–H groups in total. The van der Waals surface area contributed by atoms with Gasteiger partial charge in [0.05, 0.1) is 12.1 Å². The Hall–Kier alpha value is -2.20. The quantitative estimate of drug-likeness (QED) is 0.325. The lowest BCUT2D eigenvalue weighted by atomic mass is 9.98. The first-order chi connectivity index (χ1) is 13.0. The smallest absolute Gasteiger partial charge is 0.325 e. The van der Waals surface area contributed by atoms with Crippen molar-refractivity contribution in [1.29, 1.82) is 0 Å². The highest BCUT2D eigenvalue weighted by Gasteiger charge is 2.39. The molecule has 6 atom stereocenters. The lowest BCUT2D eigenvalue weighted by Crippen LogP contribution is -2.59. The van der Waals surface area contributed by atoms with Crippen LogP contribution in [0.1, 0.15) is 47.0 Å². The summed E-state index contributed by atoms with van der Waals surface area (Å²) in [7, 11) is 0. The number of rotatable bonds is 9. The Bertz CT molecular complexity index is 597. The zero-order valence-electron chi connectivity index (χ0n) is 16.8. The molecule has 0 aromatic heterocycles. The maximum absolute atomic E-state index is 12.7. The molecule has 0 radical (unpaired) electrons. The fourth-order valence-electron chi connectivity index (χ4n) is 3.01. The van der Waals surface area contributed by atoms with Gasteiger partial charge in [-0.25, -0.2) is 0 Å². The van der Waals surface area contributed by atoms with Gasteiger partial charge >= 0.3 is 5.97 Å². The van der Waals surface area contributed by atoms with Crippen LogP contribution in [-0.2, 0) is 19.2 Å². The number of aliphatic hydroxyl groups excluding tert-OH is 1. The predicted octanol–water partition coefficient (Wildman–Crippen LogP) is -1.19. The summed E-state index contributed by atoms with van der Waals surface area (Å²) in [5.41, 5.74) is 6.01. The fourth-order valence-corrected chi connectivity index (χ4v) is 3.01. The van der Waals surface area contributed by atoms with Crippen LogP contribution in [0.5, 0.6) is 0 Å². The van der Waals surface area contributed by atoms with Crippen LogP contribution in [-0.4, -0.2) is 75.6 Å². The summed E-state index contributed by atoms with van der Waals surface area (Å²) in [5, 5.41) is 23.4. The van der Waals surface area contributed by atoms with Crippen LogP contribution in [0.15, 0.2) is 0 Å². The second kappa shape index (κ2) is 10.4. The van der Waals surface area contributed by atoms with Gasteiger partial charge in [-0.05, 0) is 32.6 Å². The topological polar surface area (TPSA) is 162 Å². The minimum absolute atomic E-state index is 0.0368. The molecule has 0 bridgehead atoms. The first-order valence-corrected chi connectivity index (χ1v) is 9.58. The summed E-state index contributed by atoms with van der Waals surface area (Å²) in [6.45, 7) is 6.77. The molecule has 28 heavy (non-hydrogen) atoms. The number of hydrogen-bond donors (Lipinski definition) is 5. The van der Waals surface area contributed by atoms with Crippen molar-refractivity contribution in [2.24, 2.45) is 11.7 Å². The van der Waals surface area contributed by atoms with E-state index >= 15 is 0 Å². The third-order valence-electron chi connectivity index (χ3n) is 5.17. The van der Waals surface area contributed by atoms with Crippen molar-refractivity contribution in [2.75, 3.05) is 6.54 Å². The molecule has 1 fully saturated rings. The average molecular weight is 400 g/mol. The molecule has 0 spiro atoms. The average Bonchev–Trinajstić information content (AvgIpc) is 3.13. The van der Waals surface area contributed by atoms with E-state index < -0.39 is 48.1 Å². The van der Waals surface area contributed by atoms with Gasteiger partial charge in [-0.3, -0.25) is 19.2 Å². The Kier molecular flexibility index (Phi) is 8.83. The molecule has 10 nitrogen and oxygen atoms in total. The van der Waals surface area contributed by atoms with Crippen LogP contribution in [0.2, 0.25) is 0 Å². The summed E-state index contributed by atoms with van der Waals surface area (Å²) < 4.78 is 0. The van der Waals surface area contributed by atoms with Gasteiger partial charge in [0.25, 0.3) is 0 Å². The molecule has 0 aliphatic carbocycles. The van der Waals surface area contributed by atoms with Gasteiger partial charge in [0.15, 0.2) is 0 Å². The summed E-state index contributed by atoms with van der Waals surface area (Å²) in [5.74, 6) is -2.98. The Morgan fingerprint density at radius 2 is 1.79 bits per heavy atom. The maximum atomic E-state index is 12.7. The van der Waals surface area contributed by atoms with E-state index in [0.29, 0.717) is 19.4 Å². The van der Waals surface area contributed by atoms with Crippen LogP contribution >= 0.6 is 0 Å². The largest absolute Gasteiger partial charge is 0.480 e. The minimum Gasteiger partial charge on any atom is -0.480 e. The third-order valence-corrected chi connectivity index (χ3v) is 5.17. The molecule has 160 valence electrons. The Labute approximate surface area is 164 Å². The van der Waals surface area contributed by atoms with Crippen LogP contribution in [0.25, 0.3) is 0 Å². The van der Waals surface area contributed by atoms with Crippen molar-refractivity contribution in [3.05, 3.63) is 0 Å². The maximum Gasteiger partial charge on any atom is 0.325 e. The molecule has 1 aliphatic rings. The first kappa shape index (κ1) is 23.8. The number of aliphatic carboxylic acids is 1. The molecule has 6 unspecified atom stereocenters. The molecule has 10 heteroatoms. The van der Waals surface area contributed by atoms with Gasteiger partial charge in [0.1, 0.15) is 18.1 Å². The van der Waals surface area contributed by atoms with Gasteiger partial charge in [-0.15, -0.1) is 0 Å². The van der Waals surface area contributed by atoms with E-state index in [4.69, 9.17) is 10.8 Å². The van der Waals surface area contributed by atoms with Crippen LogP contribution in [0.3, 0.4) is 0 Å². The van der Waals surface area contributed by atoms with Gasteiger partial charge < -0.3 is 31.5 Å². The lowest BCUT2D eigenvalue weighted by molar-refractivity contribution is -0.143. The number of likely N-dealkylation sites (tertiary alicyclic amines) is 1. The number of carboxylic acid groups (broad SMARTS) is 1. The Morgan fingerprint density at radius 3 is 2.29 bits per heavy atom. The van der Waals surface area contributed by atoms with Crippen LogP contribution < -0.4 is 16.4 Å². The van der Waals surface area contributed by atoms with Crippen molar-refractivity contribution in [3.63, 3.8) is 0 Å². The monoisotopic (exact) mass is 400 g/mol. The number of aliphatic hydroxyl groups is 1. The zero-order valence-corrected chi connectivity index (χ0v) is 16.8. The molecule has 0 aromatic rings. The number of carbonyl (C=O) groups is 4. The van der Waals surface area contributed by atoms with E-state index in [1.54, 1.807) is 0 Å². The van der Waals surface area contributed by atoms with Gasteiger partial charge in [0.2, 0.25) is 17.7 Å². The number of carboxylic acids is 1. The second-order valence-electron chi connectivity index (χ2n) is 7.40. The van der Waals surface area contributed by atoms with Crippen molar-refractivity contribution >= 4 is 23.7 Å². The highest BCUT2D eigenvalue weighted by atomic mass is 16.4. The predicted molar refractivity (Wildman–Crippen MR) is 101 cm³/mol. The normalized spacial score (nSPS) is 21.9. The number of nitrogens with zero attached hydrogens (tertiary/aromatic N) is 1. The van der Waals surface area contributed by atoms with Crippen LogP contribution in [0.4, 0.5) is 0 Å². The molecule has 0 saturated carbocycles. The summed E-state index contributed by atoms with van der Waals surface area (Å²) in [6.07, 6.45) is 0.519. The highest BCUT2D eigenvalue weighted by Crippen LogP contribution is 2.20. The van der Waals surface area contributed by atoms with E-state index in [9.17, 15) is 24.3 Å². The number of nitrogens with two attached hydrogens (primary N) is 1. The van der Waals surface area contributed by atoms with Gasteiger partial charge in [-0.1, -0.05) is 20.3 Å². The molecular formula is C18H32N4O6. The molecule has 0 aromatic carbocycles. The lowest BCUT2D eigenvalue weighted by Gasteiger charge is -2.30. The molecule has 3 amide bonds. The van der Waals surface area contributed by atoms with Crippen LogP contribution in [0, 0.1) is 5.92 Å². The summed E-state index contributed by atoms with van der Waals surface area (Å²) in [6, 6.07) is -4.02. The number of hydrogen-bond acceptors (Lipinski definition) is 6. The molecule has 1 aliphatic heterocycles. The standard InChI is InChI=1S/C18H32N4O6/c1-5-9(2)13(19)17(26)22-8-6-7-12(22)15(24)21-14(11(4)23)16(25)20-10(3)18(27)28/h9-14,23H,5-8,19H2,1-4H3,(H,20,25)(H,21,24)(H,27,28). The van der Waals surface area contributed by atoms with Crippen molar-refractivity contribution in [3.8, 4) is 0 Å². The molecule has 1 heterocycles. The molecular weight excluding hydrogens is 368 g/mol. The number of carbonyl (C=O) groups excluding carboxylic acids is 3. The first-order valence-electron chi connectivity index (χ1n) is 9.58. The molecule has 1 saturated heterocycles. The van der Waals surface area contributed by atoms with Crippen molar-refractivity contribution in [1.82, 2.24) is 15.5 Å². The van der Waals surface area contributed by atoms with Crippen molar-refractivity contribution < 1.29 is 29.4 Å². The fraction of sp³-hybridized carbons (Fsp3) is 0.778. The summed E-state index contributed by atoms with van der Waals surface area (Å²) in [4.78, 5) is 49.9. The molecule has 1 rings (SSSR count). The Morgan fingerprint density at radius 1 is 1.18 bits per heavy atom. The Balaban J connectivity index is 2.85. The minimum atomic E-state index is -1.34. The summed E-state index contributed by atoms with van der Waals surface area (Å²) >= 11 is 0. The van der Waals surface area contributed by atoms with Gasteiger partial charge in [0, 0.05) is 6.54 Å². The van der Waals surface area contributed by atoms with E-state index in [2.05, 4.69) is 10.6 Å². The third kappa shape index (κ3) is 5.90. The number of nitrogens with one attached hydrogen (secondary N) is 2. The van der Waals surface area contributed by atoms with E-state index in [1.807, 2.05) is 13.8 Å². The number of amides is 3. The highest BCUT2D eigenvalue weighted by molar-refractivity contribution is 5.94.